The molecule has 1 aliphatic rings. The van der Waals surface area contributed by atoms with Crippen molar-refractivity contribution in [2.45, 2.75) is 47.5 Å². The number of hydrogen-bond acceptors (Lipinski definition) is 0. The molecule has 0 nitrogen and oxygen atoms in total. The quantitative estimate of drug-likeness (QED) is 0.215. The second-order valence-electron chi connectivity index (χ2n) is 9.38. The summed E-state index contributed by atoms with van der Waals surface area (Å²) in [5.41, 5.74) is 5.63. The second-order valence-corrected chi connectivity index (χ2v) is 14.1. The van der Waals surface area contributed by atoms with E-state index in [4.69, 9.17) is 0 Å². The van der Waals surface area contributed by atoms with Crippen LogP contribution in [0.4, 0.5) is 0 Å². The van der Waals surface area contributed by atoms with Gasteiger partial charge in [0.2, 0.25) is 0 Å². The molecular formula is C30H33Cl3SiTi. The molecule has 5 heteroatoms. The Labute approximate surface area is 243 Å². The van der Waals surface area contributed by atoms with Crippen LogP contribution >= 0.6 is 0 Å². The Morgan fingerprint density at radius 1 is 0.743 bits per heavy atom. The van der Waals surface area contributed by atoms with Crippen LogP contribution in [0.5, 0.6) is 0 Å². The second kappa shape index (κ2) is 13.5. The van der Waals surface area contributed by atoms with Crippen LogP contribution in [0, 0.1) is 26.7 Å². The minimum Gasteiger partial charge on any atom is -1.00 e. The Hall–Kier alpha value is -1.06. The smallest absolute Gasteiger partial charge is 1.00 e. The molecule has 35 heavy (non-hydrogen) atoms. The van der Waals surface area contributed by atoms with Crippen LogP contribution in [-0.4, -0.2) is 8.07 Å². The molecule has 3 aromatic carbocycles. The van der Waals surface area contributed by atoms with E-state index in [1.54, 1.807) is 14.6 Å². The number of rotatable bonds is 6. The standard InChI is InChI=1S/C30H33Si.3ClH.Ti/c1-6-25(5)29-17-10-18-30(29)31(26-14-7-11-22(2)19-26,27-15-8-12-23(3)20-27)28-16-9-13-24(4)21-28;;;;/h7-9,11-16,18-21,25H,6,10H2,1-5H3;3*1H;/q;;;;+3/p-3. The molecule has 1 atom stereocenters. The van der Waals surface area contributed by atoms with Gasteiger partial charge in [-0.2, -0.15) is 0 Å². The van der Waals surface area contributed by atoms with Gasteiger partial charge in [0.15, 0.2) is 0 Å². The summed E-state index contributed by atoms with van der Waals surface area (Å²) < 4.78 is 1.55. The fraction of sp³-hybridized carbons (Fsp3) is 0.267. The first-order valence-electron chi connectivity index (χ1n) is 11.7. The predicted octanol–water partition coefficient (Wildman–Crippen LogP) is -3.19. The van der Waals surface area contributed by atoms with E-state index in [2.05, 4.69) is 134 Å². The maximum atomic E-state index is 2.58. The van der Waals surface area contributed by atoms with Crippen molar-refractivity contribution < 1.29 is 57.7 Å². The summed E-state index contributed by atoms with van der Waals surface area (Å²) in [6.07, 6.45) is 4.83. The van der Waals surface area contributed by atoms with Gasteiger partial charge in [-0.3, -0.25) is 0 Å². The van der Waals surface area contributed by atoms with E-state index in [0.29, 0.717) is 5.92 Å². The number of hydrogen-bond donors (Lipinski definition) is 0. The molecule has 0 saturated carbocycles. The molecule has 0 aliphatic heterocycles. The third kappa shape index (κ3) is 6.09. The van der Waals surface area contributed by atoms with Gasteiger partial charge in [0.05, 0.1) is 0 Å². The fourth-order valence-corrected chi connectivity index (χ4v) is 11.8. The molecule has 0 amide bonds. The van der Waals surface area contributed by atoms with Crippen LogP contribution in [-0.2, 0) is 20.4 Å². The molecule has 0 heterocycles. The largest absolute Gasteiger partial charge is 1.00 e. The van der Waals surface area contributed by atoms with E-state index < -0.39 is 8.07 Å². The summed E-state index contributed by atoms with van der Waals surface area (Å²) in [7, 11) is -2.47. The summed E-state index contributed by atoms with van der Waals surface area (Å²) in [5.74, 6) is 0.565. The number of benzene rings is 3. The zero-order chi connectivity index (χ0) is 22.9. The first-order valence-corrected chi connectivity index (χ1v) is 14.5. The Morgan fingerprint density at radius 3 is 1.49 bits per heavy atom. The number of allylic oxidation sites excluding steroid dienone is 4. The minimum atomic E-state index is -2.47. The maximum Gasteiger partial charge on any atom is -1.00 e. The molecule has 0 bridgehead atoms. The van der Waals surface area contributed by atoms with Crippen molar-refractivity contribution in [3.63, 3.8) is 0 Å². The molecule has 0 aromatic heterocycles. The molecule has 0 radical (unpaired) electrons. The SMILES string of the molecule is CCC(C)C1=[C]([Ti+3])CC=C1[Si](c1cccc(C)c1)(c1cccc(C)c1)c1cccc(C)c1.[Cl-].[Cl-].[Cl-]. The summed E-state index contributed by atoms with van der Waals surface area (Å²) in [5, 5.41) is 6.10. The van der Waals surface area contributed by atoms with Crippen molar-refractivity contribution in [3.05, 3.63) is 110 Å². The molecule has 0 N–H and O–H groups in total. The summed E-state index contributed by atoms with van der Waals surface area (Å²) in [6, 6.07) is 28.0. The topological polar surface area (TPSA) is 0 Å². The molecule has 4 rings (SSSR count). The van der Waals surface area contributed by atoms with Crippen LogP contribution in [0.2, 0.25) is 0 Å². The van der Waals surface area contributed by atoms with Crippen molar-refractivity contribution in [1.29, 1.82) is 0 Å². The van der Waals surface area contributed by atoms with Crippen LogP contribution < -0.4 is 52.8 Å². The van der Waals surface area contributed by atoms with E-state index in [9.17, 15) is 0 Å². The van der Waals surface area contributed by atoms with Gasteiger partial charge in [0, 0.05) is 0 Å². The average Bonchev–Trinajstić information content (AvgIpc) is 3.16. The maximum absolute atomic E-state index is 2.58. The van der Waals surface area contributed by atoms with E-state index in [-0.39, 0.29) is 37.2 Å². The van der Waals surface area contributed by atoms with Gasteiger partial charge in [0.25, 0.3) is 0 Å². The van der Waals surface area contributed by atoms with Crippen LogP contribution in [0.1, 0.15) is 43.4 Å². The van der Waals surface area contributed by atoms with Gasteiger partial charge in [0.1, 0.15) is 0 Å². The molecule has 0 fully saturated rings. The van der Waals surface area contributed by atoms with E-state index in [1.807, 2.05) is 0 Å². The van der Waals surface area contributed by atoms with Crippen molar-refractivity contribution in [2.24, 2.45) is 5.92 Å². The van der Waals surface area contributed by atoms with Crippen LogP contribution in [0.25, 0.3) is 0 Å². The zero-order valence-corrected chi connectivity index (χ0v) is 26.0. The zero-order valence-electron chi connectivity index (χ0n) is 21.1. The van der Waals surface area contributed by atoms with Gasteiger partial charge < -0.3 is 37.2 Å². The molecule has 1 unspecified atom stereocenters. The number of halogens is 3. The average molecular weight is 576 g/mol. The first kappa shape index (κ1) is 32.0. The van der Waals surface area contributed by atoms with E-state index in [0.717, 1.165) is 6.42 Å². The Kier molecular flexibility index (Phi) is 12.3. The summed E-state index contributed by atoms with van der Waals surface area (Å²) in [4.78, 5) is 0. The van der Waals surface area contributed by atoms with Gasteiger partial charge in [-0.15, -0.1) is 0 Å². The van der Waals surface area contributed by atoms with Crippen molar-refractivity contribution in [3.8, 4) is 0 Å². The van der Waals surface area contributed by atoms with Gasteiger partial charge >= 0.3 is 208 Å². The van der Waals surface area contributed by atoms with Crippen LogP contribution in [0.15, 0.2) is 93.5 Å². The molecule has 182 valence electrons. The normalized spacial score (nSPS) is 13.9. The third-order valence-corrected chi connectivity index (χ3v) is 12.5. The monoisotopic (exact) mass is 574 g/mol. The summed E-state index contributed by atoms with van der Waals surface area (Å²) in [6.45, 7) is 11.4. The van der Waals surface area contributed by atoms with Crippen molar-refractivity contribution >= 4 is 23.6 Å². The van der Waals surface area contributed by atoms with E-state index in [1.165, 1.54) is 38.7 Å². The third-order valence-electron chi connectivity index (χ3n) is 6.99. The Morgan fingerprint density at radius 2 is 1.14 bits per heavy atom. The number of aryl methyl sites for hydroxylation is 3. The Bertz CT molecular complexity index is 1100. The van der Waals surface area contributed by atoms with Gasteiger partial charge in [-0.05, 0) is 0 Å². The predicted molar refractivity (Wildman–Crippen MR) is 137 cm³/mol. The molecule has 1 aliphatic carbocycles. The Balaban J connectivity index is 0.00000204. The minimum absolute atomic E-state index is 0. The van der Waals surface area contributed by atoms with Gasteiger partial charge in [-0.25, -0.2) is 0 Å². The van der Waals surface area contributed by atoms with Gasteiger partial charge in [-0.1, -0.05) is 0 Å². The fourth-order valence-electron chi connectivity index (χ4n) is 5.31. The molecule has 0 spiro atoms. The molecule has 0 saturated heterocycles. The molecule has 3 aromatic rings. The first-order chi connectivity index (χ1) is 15.4. The van der Waals surface area contributed by atoms with E-state index >= 15 is 0 Å². The van der Waals surface area contributed by atoms with Crippen molar-refractivity contribution in [1.82, 2.24) is 0 Å². The van der Waals surface area contributed by atoms with Crippen LogP contribution in [0.3, 0.4) is 0 Å². The summed E-state index contributed by atoms with van der Waals surface area (Å²) >= 11 is 2.35. The molecular weight excluding hydrogens is 543 g/mol. The van der Waals surface area contributed by atoms with Crippen molar-refractivity contribution in [2.75, 3.05) is 0 Å².